The molecule has 0 aromatic heterocycles. The highest BCUT2D eigenvalue weighted by molar-refractivity contribution is 7.80. The van der Waals surface area contributed by atoms with Crippen LogP contribution in [-0.2, 0) is 4.79 Å². The molecule has 1 amide bonds. The lowest BCUT2D eigenvalue weighted by molar-refractivity contribution is -0.123. The molecule has 19 heavy (non-hydrogen) atoms. The van der Waals surface area contributed by atoms with E-state index < -0.39 is 0 Å². The van der Waals surface area contributed by atoms with Crippen LogP contribution in [0.15, 0.2) is 24.3 Å². The Morgan fingerprint density at radius 2 is 2.11 bits per heavy atom. The van der Waals surface area contributed by atoms with Crippen LogP contribution in [-0.4, -0.2) is 23.5 Å². The second-order valence-electron chi connectivity index (χ2n) is 4.05. The summed E-state index contributed by atoms with van der Waals surface area (Å²) >= 11 is 10.7. The molecule has 1 unspecified atom stereocenters. The topological polar surface area (TPSA) is 64.3 Å². The van der Waals surface area contributed by atoms with Gasteiger partial charge in [0.2, 0.25) is 0 Å². The molecule has 1 aromatic rings. The second kappa shape index (κ2) is 7.96. The van der Waals surface area contributed by atoms with Crippen molar-refractivity contribution in [1.29, 1.82) is 0 Å². The van der Waals surface area contributed by atoms with Crippen molar-refractivity contribution < 1.29 is 9.53 Å². The Balaban J connectivity index is 2.42. The van der Waals surface area contributed by atoms with Gasteiger partial charge in [0.25, 0.3) is 5.91 Å². The molecule has 0 bridgehead atoms. The lowest BCUT2D eigenvalue weighted by Gasteiger charge is -2.16. The van der Waals surface area contributed by atoms with Crippen LogP contribution in [0.2, 0.25) is 5.02 Å². The maximum atomic E-state index is 11.7. The van der Waals surface area contributed by atoms with Crippen LogP contribution in [0.1, 0.15) is 19.8 Å². The minimum Gasteiger partial charge on any atom is -0.484 e. The Hall–Kier alpha value is -1.33. The molecule has 0 fully saturated rings. The maximum absolute atomic E-state index is 11.7. The first-order chi connectivity index (χ1) is 9.02. The molecule has 0 aliphatic carbocycles. The molecular formula is C13H17ClN2O2S. The average Bonchev–Trinajstić information content (AvgIpc) is 2.37. The minimum absolute atomic E-state index is 0.0789. The van der Waals surface area contributed by atoms with Crippen LogP contribution in [0, 0.1) is 0 Å². The van der Waals surface area contributed by atoms with Gasteiger partial charge in [0.05, 0.1) is 11.0 Å². The number of hydrogen-bond acceptors (Lipinski definition) is 3. The van der Waals surface area contributed by atoms with Gasteiger partial charge in [-0.1, -0.05) is 37.2 Å². The zero-order valence-corrected chi connectivity index (χ0v) is 12.3. The van der Waals surface area contributed by atoms with Crippen LogP contribution in [0.5, 0.6) is 5.75 Å². The van der Waals surface area contributed by atoms with Crippen LogP contribution in [0.4, 0.5) is 0 Å². The van der Waals surface area contributed by atoms with Crippen molar-refractivity contribution in [3.8, 4) is 5.75 Å². The predicted octanol–water partition coefficient (Wildman–Crippen LogP) is 2.29. The molecule has 0 saturated carbocycles. The number of amides is 1. The normalized spacial score (nSPS) is 11.7. The van der Waals surface area contributed by atoms with Gasteiger partial charge in [-0.15, -0.1) is 0 Å². The first-order valence-electron chi connectivity index (χ1n) is 6.00. The molecule has 0 saturated heterocycles. The largest absolute Gasteiger partial charge is 0.484 e. The molecule has 1 rings (SSSR count). The predicted molar refractivity (Wildman–Crippen MR) is 80.6 cm³/mol. The van der Waals surface area contributed by atoms with Crippen molar-refractivity contribution in [2.45, 2.75) is 25.8 Å². The summed E-state index contributed by atoms with van der Waals surface area (Å²) in [6, 6.07) is 6.52. The average molecular weight is 301 g/mol. The molecule has 1 atom stereocenters. The maximum Gasteiger partial charge on any atom is 0.258 e. The van der Waals surface area contributed by atoms with Gasteiger partial charge in [-0.25, -0.2) is 0 Å². The van der Waals surface area contributed by atoms with Crippen LogP contribution in [0.25, 0.3) is 0 Å². The number of carbonyl (C=O) groups is 1. The Bertz CT molecular complexity index is 437. The molecular weight excluding hydrogens is 284 g/mol. The van der Waals surface area contributed by atoms with E-state index in [1.807, 2.05) is 6.92 Å². The number of thiocarbonyl (C=S) groups is 1. The van der Waals surface area contributed by atoms with Crippen molar-refractivity contribution in [2.75, 3.05) is 6.61 Å². The number of hydrogen-bond donors (Lipinski definition) is 2. The van der Waals surface area contributed by atoms with Gasteiger partial charge in [0, 0.05) is 5.02 Å². The minimum atomic E-state index is -0.277. The van der Waals surface area contributed by atoms with Crippen molar-refractivity contribution in [1.82, 2.24) is 5.32 Å². The number of nitrogens with two attached hydrogens (primary N) is 1. The van der Waals surface area contributed by atoms with Gasteiger partial charge < -0.3 is 15.8 Å². The summed E-state index contributed by atoms with van der Waals surface area (Å²) < 4.78 is 5.33. The summed E-state index contributed by atoms with van der Waals surface area (Å²) in [6.45, 7) is 1.92. The van der Waals surface area contributed by atoms with E-state index >= 15 is 0 Å². The first-order valence-corrected chi connectivity index (χ1v) is 6.78. The Morgan fingerprint density at radius 3 is 2.63 bits per heavy atom. The van der Waals surface area contributed by atoms with Gasteiger partial charge in [-0.05, 0) is 30.7 Å². The van der Waals surface area contributed by atoms with E-state index in [4.69, 9.17) is 34.3 Å². The third kappa shape index (κ3) is 5.89. The third-order valence-electron chi connectivity index (χ3n) is 2.44. The van der Waals surface area contributed by atoms with Crippen LogP contribution in [0.3, 0.4) is 0 Å². The highest BCUT2D eigenvalue weighted by Gasteiger charge is 2.14. The van der Waals surface area contributed by atoms with Gasteiger partial charge in [-0.3, -0.25) is 4.79 Å². The molecule has 0 spiro atoms. The molecule has 0 radical (unpaired) electrons. The van der Waals surface area contributed by atoms with Gasteiger partial charge in [0.15, 0.2) is 6.61 Å². The monoisotopic (exact) mass is 300 g/mol. The number of halogens is 1. The number of rotatable bonds is 7. The molecule has 0 aliphatic heterocycles. The zero-order chi connectivity index (χ0) is 14.3. The Kier molecular flexibility index (Phi) is 6.59. The van der Waals surface area contributed by atoms with E-state index in [-0.39, 0.29) is 18.6 Å². The fourth-order valence-corrected chi connectivity index (χ4v) is 1.79. The summed E-state index contributed by atoms with van der Waals surface area (Å²) in [5, 5.41) is 3.36. The molecule has 104 valence electrons. The standard InChI is InChI=1S/C13H17ClN2O2S/c1-2-3-11(13(15)19)16-12(17)8-18-10-6-4-9(14)5-7-10/h4-7,11H,2-3,8H2,1H3,(H2,15,19)(H,16,17). The molecule has 0 aliphatic rings. The summed E-state index contributed by atoms with van der Waals surface area (Å²) in [5.41, 5.74) is 5.56. The molecule has 3 N–H and O–H groups in total. The second-order valence-corrected chi connectivity index (χ2v) is 4.96. The van der Waals surface area contributed by atoms with E-state index in [2.05, 4.69) is 5.32 Å². The van der Waals surface area contributed by atoms with E-state index in [0.717, 1.165) is 12.8 Å². The van der Waals surface area contributed by atoms with E-state index in [0.29, 0.717) is 15.8 Å². The Morgan fingerprint density at radius 1 is 1.47 bits per heavy atom. The quantitative estimate of drug-likeness (QED) is 0.758. The fraction of sp³-hybridized carbons (Fsp3) is 0.385. The highest BCUT2D eigenvalue weighted by atomic mass is 35.5. The summed E-state index contributed by atoms with van der Waals surface area (Å²) in [6.07, 6.45) is 1.61. The van der Waals surface area contributed by atoms with Crippen molar-refractivity contribution >= 4 is 34.7 Å². The molecule has 0 heterocycles. The smallest absolute Gasteiger partial charge is 0.258 e. The van der Waals surface area contributed by atoms with Crippen LogP contribution >= 0.6 is 23.8 Å². The number of nitrogens with one attached hydrogen (secondary N) is 1. The van der Waals surface area contributed by atoms with Gasteiger partial charge in [-0.2, -0.15) is 0 Å². The number of carbonyl (C=O) groups excluding carboxylic acids is 1. The number of benzene rings is 1. The van der Waals surface area contributed by atoms with E-state index in [1.165, 1.54) is 0 Å². The molecule has 4 nitrogen and oxygen atoms in total. The lowest BCUT2D eigenvalue weighted by atomic mass is 10.1. The molecule has 1 aromatic carbocycles. The third-order valence-corrected chi connectivity index (χ3v) is 2.98. The van der Waals surface area contributed by atoms with Crippen LogP contribution < -0.4 is 15.8 Å². The van der Waals surface area contributed by atoms with Gasteiger partial charge in [0.1, 0.15) is 5.75 Å². The fourth-order valence-electron chi connectivity index (χ4n) is 1.49. The Labute approximate surface area is 123 Å². The van der Waals surface area contributed by atoms with E-state index in [1.54, 1.807) is 24.3 Å². The van der Waals surface area contributed by atoms with Crippen molar-refractivity contribution in [3.05, 3.63) is 29.3 Å². The van der Waals surface area contributed by atoms with Crippen molar-refractivity contribution in [2.24, 2.45) is 5.73 Å². The van der Waals surface area contributed by atoms with Gasteiger partial charge >= 0.3 is 0 Å². The molecule has 6 heteroatoms. The first kappa shape index (κ1) is 15.7. The summed E-state index contributed by atoms with van der Waals surface area (Å²) in [5.74, 6) is 0.336. The van der Waals surface area contributed by atoms with Crippen molar-refractivity contribution in [3.63, 3.8) is 0 Å². The SMILES string of the molecule is CCCC(NC(=O)COc1ccc(Cl)cc1)C(N)=S. The highest BCUT2D eigenvalue weighted by Crippen LogP contribution is 2.15. The lowest BCUT2D eigenvalue weighted by Crippen LogP contribution is -2.45. The number of ether oxygens (including phenoxy) is 1. The summed E-state index contributed by atoms with van der Waals surface area (Å²) in [4.78, 5) is 12.0. The van der Waals surface area contributed by atoms with E-state index in [9.17, 15) is 4.79 Å². The zero-order valence-electron chi connectivity index (χ0n) is 10.7. The summed E-state index contributed by atoms with van der Waals surface area (Å²) in [7, 11) is 0.